The summed E-state index contributed by atoms with van der Waals surface area (Å²) >= 11 is 6.38. The summed E-state index contributed by atoms with van der Waals surface area (Å²) in [6.45, 7) is 1.42. The third-order valence-corrected chi connectivity index (χ3v) is 4.64. The summed E-state index contributed by atoms with van der Waals surface area (Å²) < 4.78 is 0.807. The lowest BCUT2D eigenvalue weighted by Gasteiger charge is -2.07. The van der Waals surface area contributed by atoms with Crippen LogP contribution in [0.3, 0.4) is 0 Å². The Morgan fingerprint density at radius 3 is 2.64 bits per heavy atom. The summed E-state index contributed by atoms with van der Waals surface area (Å²) in [5.41, 5.74) is 0.922. The Labute approximate surface area is 167 Å². The van der Waals surface area contributed by atoms with Gasteiger partial charge in [0.2, 0.25) is 5.91 Å². The molecule has 0 spiro atoms. The summed E-state index contributed by atoms with van der Waals surface area (Å²) in [5.74, 6) is -0.875. The smallest absolute Gasteiger partial charge is 0.282 e. The van der Waals surface area contributed by atoms with Gasteiger partial charge in [-0.1, -0.05) is 23.5 Å². The number of thiocarbonyl (C=S) groups is 1. The molecule has 9 nitrogen and oxygen atoms in total. The SMILES string of the molecule is CC(=O)Nc1ccc2nc(NC(=S)NC(=O)c3ccccc3[N+](=O)[O-])sc2c1. The van der Waals surface area contributed by atoms with Crippen LogP contribution in [0.25, 0.3) is 10.2 Å². The van der Waals surface area contributed by atoms with Crippen molar-refractivity contribution in [3.8, 4) is 0 Å². The van der Waals surface area contributed by atoms with Crippen LogP contribution in [0.1, 0.15) is 17.3 Å². The number of carbonyl (C=O) groups excluding carboxylic acids is 2. The van der Waals surface area contributed by atoms with Gasteiger partial charge in [0.15, 0.2) is 10.2 Å². The highest BCUT2D eigenvalue weighted by Gasteiger charge is 2.20. The molecule has 0 aliphatic rings. The lowest BCUT2D eigenvalue weighted by molar-refractivity contribution is -0.385. The normalized spacial score (nSPS) is 10.3. The van der Waals surface area contributed by atoms with Crippen LogP contribution in [0.5, 0.6) is 0 Å². The Kier molecular flexibility index (Phi) is 5.57. The summed E-state index contributed by atoms with van der Waals surface area (Å²) in [7, 11) is 0. The minimum atomic E-state index is -0.696. The minimum absolute atomic E-state index is 0.0377. The number of fused-ring (bicyclic) bond motifs is 1. The van der Waals surface area contributed by atoms with E-state index in [1.54, 1.807) is 18.2 Å². The molecule has 28 heavy (non-hydrogen) atoms. The van der Waals surface area contributed by atoms with Crippen molar-refractivity contribution in [2.45, 2.75) is 6.92 Å². The number of aromatic nitrogens is 1. The number of nitro groups is 1. The lowest BCUT2D eigenvalue weighted by atomic mass is 10.1. The van der Waals surface area contributed by atoms with Gasteiger partial charge in [0.25, 0.3) is 11.6 Å². The van der Waals surface area contributed by atoms with E-state index in [1.807, 2.05) is 0 Å². The second-order valence-corrected chi connectivity index (χ2v) is 7.00. The first-order chi connectivity index (χ1) is 13.3. The van der Waals surface area contributed by atoms with E-state index in [0.717, 1.165) is 4.70 Å². The van der Waals surface area contributed by atoms with E-state index >= 15 is 0 Å². The number of rotatable bonds is 4. The second kappa shape index (κ2) is 8.06. The van der Waals surface area contributed by atoms with Crippen molar-refractivity contribution in [1.29, 1.82) is 0 Å². The molecule has 3 aromatic rings. The third kappa shape index (κ3) is 4.45. The zero-order valence-electron chi connectivity index (χ0n) is 14.4. The van der Waals surface area contributed by atoms with E-state index in [-0.39, 0.29) is 22.3 Å². The van der Waals surface area contributed by atoms with E-state index in [0.29, 0.717) is 16.3 Å². The summed E-state index contributed by atoms with van der Waals surface area (Å²) in [5, 5.41) is 19.3. The fourth-order valence-electron chi connectivity index (χ4n) is 2.38. The van der Waals surface area contributed by atoms with Crippen LogP contribution in [0.4, 0.5) is 16.5 Å². The van der Waals surface area contributed by atoms with E-state index in [1.165, 1.54) is 42.5 Å². The first-order valence-corrected chi connectivity index (χ1v) is 9.10. The minimum Gasteiger partial charge on any atom is -0.326 e. The molecule has 0 bridgehead atoms. The number of anilines is 2. The highest BCUT2D eigenvalue weighted by molar-refractivity contribution is 7.80. The number of benzene rings is 2. The number of thiazole rings is 1. The fraction of sp³-hybridized carbons (Fsp3) is 0.0588. The quantitative estimate of drug-likeness (QED) is 0.339. The molecule has 0 atom stereocenters. The Morgan fingerprint density at radius 1 is 1.18 bits per heavy atom. The molecule has 0 fully saturated rings. The summed E-state index contributed by atoms with van der Waals surface area (Å²) in [6, 6.07) is 10.8. The molecule has 142 valence electrons. The van der Waals surface area contributed by atoms with E-state index in [4.69, 9.17) is 12.2 Å². The van der Waals surface area contributed by atoms with Crippen LogP contribution < -0.4 is 16.0 Å². The first kappa shape index (κ1) is 19.3. The highest BCUT2D eigenvalue weighted by atomic mass is 32.1. The number of hydrogen-bond donors (Lipinski definition) is 3. The van der Waals surface area contributed by atoms with Crippen molar-refractivity contribution in [3.05, 3.63) is 58.1 Å². The zero-order valence-corrected chi connectivity index (χ0v) is 16.0. The fourth-order valence-corrected chi connectivity index (χ4v) is 3.55. The standard InChI is InChI=1S/C17H13N5O4S2/c1-9(23)18-10-6-7-12-14(8-10)28-17(19-12)21-16(27)20-15(24)11-4-2-3-5-13(11)22(25)26/h2-8H,1H3,(H,18,23)(H2,19,20,21,24,27). The molecule has 0 unspecified atom stereocenters. The van der Waals surface area contributed by atoms with Crippen molar-refractivity contribution in [3.63, 3.8) is 0 Å². The monoisotopic (exact) mass is 415 g/mol. The van der Waals surface area contributed by atoms with Gasteiger partial charge in [-0.25, -0.2) is 4.98 Å². The molecule has 11 heteroatoms. The van der Waals surface area contributed by atoms with E-state index in [9.17, 15) is 19.7 Å². The third-order valence-electron chi connectivity index (χ3n) is 3.50. The number of carbonyl (C=O) groups is 2. The van der Waals surface area contributed by atoms with Crippen molar-refractivity contribution in [1.82, 2.24) is 10.3 Å². The lowest BCUT2D eigenvalue weighted by Crippen LogP contribution is -2.34. The first-order valence-electron chi connectivity index (χ1n) is 7.87. The Bertz CT molecular complexity index is 1110. The number of hydrogen-bond acceptors (Lipinski definition) is 7. The van der Waals surface area contributed by atoms with Crippen molar-refractivity contribution in [2.75, 3.05) is 10.6 Å². The van der Waals surface area contributed by atoms with Gasteiger partial charge in [-0.15, -0.1) is 0 Å². The van der Waals surface area contributed by atoms with Gasteiger partial charge in [-0.2, -0.15) is 0 Å². The maximum atomic E-state index is 12.3. The molecule has 2 aromatic carbocycles. The van der Waals surface area contributed by atoms with Crippen molar-refractivity contribution >= 4 is 67.2 Å². The van der Waals surface area contributed by atoms with Crippen molar-refractivity contribution < 1.29 is 14.5 Å². The Hall–Kier alpha value is -3.44. The van der Waals surface area contributed by atoms with Crippen molar-refractivity contribution in [2.24, 2.45) is 0 Å². The maximum absolute atomic E-state index is 12.3. The molecule has 3 rings (SSSR count). The van der Waals surface area contributed by atoms with Crippen LogP contribution in [0, 0.1) is 10.1 Å². The largest absolute Gasteiger partial charge is 0.326 e. The van der Waals surface area contributed by atoms with Crippen LogP contribution in [0.15, 0.2) is 42.5 Å². The molecule has 3 N–H and O–H groups in total. The Balaban J connectivity index is 1.72. The van der Waals surface area contributed by atoms with Gasteiger partial charge in [-0.05, 0) is 36.5 Å². The second-order valence-electron chi connectivity index (χ2n) is 5.57. The van der Waals surface area contributed by atoms with E-state index in [2.05, 4.69) is 20.9 Å². The number of nitrogens with zero attached hydrogens (tertiary/aromatic N) is 2. The molecule has 0 aliphatic heterocycles. The van der Waals surface area contributed by atoms with Gasteiger partial charge < -0.3 is 10.6 Å². The number of nitro benzene ring substituents is 1. The predicted molar refractivity (Wildman–Crippen MR) is 111 cm³/mol. The molecule has 0 saturated heterocycles. The average molecular weight is 415 g/mol. The van der Waals surface area contributed by atoms with Gasteiger partial charge in [0.1, 0.15) is 5.56 Å². The summed E-state index contributed by atoms with van der Waals surface area (Å²) in [4.78, 5) is 38.2. The van der Waals surface area contributed by atoms with E-state index < -0.39 is 10.8 Å². The van der Waals surface area contributed by atoms with Crippen LogP contribution in [-0.4, -0.2) is 26.8 Å². The van der Waals surface area contributed by atoms with Crippen LogP contribution in [0.2, 0.25) is 0 Å². The predicted octanol–water partition coefficient (Wildman–Crippen LogP) is 3.29. The van der Waals surface area contributed by atoms with Gasteiger partial charge in [0.05, 0.1) is 15.1 Å². The van der Waals surface area contributed by atoms with Crippen LogP contribution >= 0.6 is 23.6 Å². The molecule has 0 radical (unpaired) electrons. The van der Waals surface area contributed by atoms with Gasteiger partial charge >= 0.3 is 0 Å². The highest BCUT2D eigenvalue weighted by Crippen LogP contribution is 2.28. The molecular formula is C17H13N5O4S2. The van der Waals surface area contributed by atoms with Crippen LogP contribution in [-0.2, 0) is 4.79 Å². The molecule has 0 saturated carbocycles. The Morgan fingerprint density at radius 2 is 1.93 bits per heavy atom. The molecule has 1 aromatic heterocycles. The van der Waals surface area contributed by atoms with Gasteiger partial charge in [-0.3, -0.25) is 25.0 Å². The number of para-hydroxylation sites is 1. The number of amides is 2. The molecular weight excluding hydrogens is 402 g/mol. The zero-order chi connectivity index (χ0) is 20.3. The maximum Gasteiger partial charge on any atom is 0.282 e. The summed E-state index contributed by atoms with van der Waals surface area (Å²) in [6.07, 6.45) is 0. The molecule has 0 aliphatic carbocycles. The van der Waals surface area contributed by atoms with Gasteiger partial charge in [0, 0.05) is 18.7 Å². The molecule has 1 heterocycles. The average Bonchev–Trinajstić information content (AvgIpc) is 3.02. The molecule has 2 amide bonds. The topological polar surface area (TPSA) is 126 Å². The number of nitrogens with one attached hydrogen (secondary N) is 3.